The number of aryl methyl sites for hydroxylation is 1. The van der Waals surface area contributed by atoms with Crippen molar-refractivity contribution in [1.29, 1.82) is 0 Å². The third-order valence-corrected chi connectivity index (χ3v) is 5.55. The van der Waals surface area contributed by atoms with Gasteiger partial charge in [-0.05, 0) is 49.4 Å². The summed E-state index contributed by atoms with van der Waals surface area (Å²) in [6.07, 6.45) is 4.25. The lowest BCUT2D eigenvalue weighted by Gasteiger charge is -2.20. The quantitative estimate of drug-likeness (QED) is 0.836. The van der Waals surface area contributed by atoms with Crippen molar-refractivity contribution in [2.75, 3.05) is 31.1 Å². The number of hydrogen-bond donors (Lipinski definition) is 0. The van der Waals surface area contributed by atoms with Gasteiger partial charge in [0.1, 0.15) is 5.82 Å². The summed E-state index contributed by atoms with van der Waals surface area (Å²) in [6.45, 7) is 5.46. The SMILES string of the molecule is Cc1nc(N2CCCC2)nc2c1CCN(C(=O)Cc1ccc(F)cc1)CC2. The molecule has 1 fully saturated rings. The van der Waals surface area contributed by atoms with Gasteiger partial charge in [-0.25, -0.2) is 14.4 Å². The van der Waals surface area contributed by atoms with Crippen LogP contribution in [0.25, 0.3) is 0 Å². The Morgan fingerprint density at radius 3 is 2.48 bits per heavy atom. The number of hydrogen-bond acceptors (Lipinski definition) is 4. The summed E-state index contributed by atoms with van der Waals surface area (Å²) in [5.41, 5.74) is 4.15. The van der Waals surface area contributed by atoms with E-state index in [9.17, 15) is 9.18 Å². The smallest absolute Gasteiger partial charge is 0.227 e. The van der Waals surface area contributed by atoms with Crippen LogP contribution in [-0.2, 0) is 24.1 Å². The van der Waals surface area contributed by atoms with Gasteiger partial charge in [0.15, 0.2) is 0 Å². The maximum absolute atomic E-state index is 13.1. The van der Waals surface area contributed by atoms with Gasteiger partial charge in [-0.2, -0.15) is 0 Å². The second-order valence-electron chi connectivity index (χ2n) is 7.41. The summed E-state index contributed by atoms with van der Waals surface area (Å²) < 4.78 is 13.1. The second kappa shape index (κ2) is 7.62. The van der Waals surface area contributed by atoms with Crippen molar-refractivity contribution < 1.29 is 9.18 Å². The van der Waals surface area contributed by atoms with Gasteiger partial charge >= 0.3 is 0 Å². The molecule has 0 spiro atoms. The van der Waals surface area contributed by atoms with E-state index in [1.807, 2.05) is 4.90 Å². The Kier molecular flexibility index (Phi) is 5.05. The number of nitrogens with zero attached hydrogens (tertiary/aromatic N) is 4. The molecule has 0 unspecified atom stereocenters. The molecular weight excluding hydrogens is 343 g/mol. The predicted molar refractivity (Wildman–Crippen MR) is 102 cm³/mol. The first-order valence-corrected chi connectivity index (χ1v) is 9.74. The molecule has 0 N–H and O–H groups in total. The highest BCUT2D eigenvalue weighted by atomic mass is 19.1. The first-order valence-electron chi connectivity index (χ1n) is 9.74. The van der Waals surface area contributed by atoms with Crippen molar-refractivity contribution >= 4 is 11.9 Å². The molecule has 0 atom stereocenters. The molecule has 2 aliphatic rings. The molecule has 6 heteroatoms. The minimum Gasteiger partial charge on any atom is -0.342 e. The number of aromatic nitrogens is 2. The Bertz CT molecular complexity index is 831. The van der Waals surface area contributed by atoms with Crippen LogP contribution in [0.1, 0.15) is 35.4 Å². The molecule has 142 valence electrons. The van der Waals surface area contributed by atoms with Gasteiger partial charge in [-0.1, -0.05) is 12.1 Å². The van der Waals surface area contributed by atoms with Gasteiger partial charge < -0.3 is 9.80 Å². The average Bonchev–Trinajstić information content (AvgIpc) is 3.10. The lowest BCUT2D eigenvalue weighted by atomic mass is 10.1. The molecule has 27 heavy (non-hydrogen) atoms. The summed E-state index contributed by atoms with van der Waals surface area (Å²) in [5.74, 6) is 0.647. The molecule has 3 heterocycles. The summed E-state index contributed by atoms with van der Waals surface area (Å²) >= 11 is 0. The highest BCUT2D eigenvalue weighted by Gasteiger charge is 2.23. The average molecular weight is 368 g/mol. The van der Waals surface area contributed by atoms with Crippen LogP contribution in [0.15, 0.2) is 24.3 Å². The maximum atomic E-state index is 13.1. The molecule has 1 saturated heterocycles. The number of carbonyl (C=O) groups excluding carboxylic acids is 1. The minimum atomic E-state index is -0.278. The van der Waals surface area contributed by atoms with Gasteiger partial charge in [0.25, 0.3) is 0 Å². The highest BCUT2D eigenvalue weighted by molar-refractivity contribution is 5.79. The lowest BCUT2D eigenvalue weighted by Crippen LogP contribution is -2.34. The lowest BCUT2D eigenvalue weighted by molar-refractivity contribution is -0.130. The van der Waals surface area contributed by atoms with E-state index in [4.69, 9.17) is 9.97 Å². The molecule has 0 aliphatic carbocycles. The third-order valence-electron chi connectivity index (χ3n) is 5.55. The van der Waals surface area contributed by atoms with E-state index in [1.165, 1.54) is 30.5 Å². The van der Waals surface area contributed by atoms with Crippen LogP contribution < -0.4 is 4.90 Å². The van der Waals surface area contributed by atoms with Crippen molar-refractivity contribution in [2.24, 2.45) is 0 Å². The molecule has 0 radical (unpaired) electrons. The Balaban J connectivity index is 1.46. The fraction of sp³-hybridized carbons (Fsp3) is 0.476. The molecule has 0 bridgehead atoms. The minimum absolute atomic E-state index is 0.0831. The van der Waals surface area contributed by atoms with Gasteiger partial charge in [-0.15, -0.1) is 0 Å². The zero-order valence-corrected chi connectivity index (χ0v) is 15.7. The van der Waals surface area contributed by atoms with Gasteiger partial charge in [-0.3, -0.25) is 4.79 Å². The van der Waals surface area contributed by atoms with E-state index in [0.717, 1.165) is 48.8 Å². The van der Waals surface area contributed by atoms with Crippen molar-refractivity contribution in [3.63, 3.8) is 0 Å². The molecule has 1 aromatic carbocycles. The molecule has 2 aromatic rings. The first-order chi connectivity index (χ1) is 13.1. The second-order valence-corrected chi connectivity index (χ2v) is 7.41. The monoisotopic (exact) mass is 368 g/mol. The molecule has 1 amide bonds. The Morgan fingerprint density at radius 2 is 1.74 bits per heavy atom. The van der Waals surface area contributed by atoms with Crippen molar-refractivity contribution in [3.8, 4) is 0 Å². The molecule has 1 aromatic heterocycles. The summed E-state index contributed by atoms with van der Waals surface area (Å²) in [6, 6.07) is 6.16. The van der Waals surface area contributed by atoms with E-state index < -0.39 is 0 Å². The highest BCUT2D eigenvalue weighted by Crippen LogP contribution is 2.23. The normalized spacial score (nSPS) is 17.0. The number of carbonyl (C=O) groups is 1. The molecule has 0 saturated carbocycles. The standard InChI is InChI=1S/C21H25FN4O/c1-15-18-8-12-25(20(27)14-16-4-6-17(22)7-5-16)13-9-19(18)24-21(23-15)26-10-2-3-11-26/h4-7H,2-3,8-14H2,1H3. The van der Waals surface area contributed by atoms with Crippen molar-refractivity contribution in [1.82, 2.24) is 14.9 Å². The van der Waals surface area contributed by atoms with E-state index in [0.29, 0.717) is 19.5 Å². The van der Waals surface area contributed by atoms with Crippen LogP contribution in [0.4, 0.5) is 10.3 Å². The zero-order chi connectivity index (χ0) is 18.8. The predicted octanol–water partition coefficient (Wildman–Crippen LogP) is 2.69. The van der Waals surface area contributed by atoms with E-state index in [1.54, 1.807) is 12.1 Å². The van der Waals surface area contributed by atoms with E-state index >= 15 is 0 Å². The van der Waals surface area contributed by atoms with Crippen molar-refractivity contribution in [2.45, 2.75) is 39.0 Å². The fourth-order valence-corrected chi connectivity index (χ4v) is 3.97. The third kappa shape index (κ3) is 3.94. The molecule has 4 rings (SSSR count). The number of halogens is 1. The van der Waals surface area contributed by atoms with Gasteiger partial charge in [0.2, 0.25) is 11.9 Å². The Labute approximate surface area is 159 Å². The number of anilines is 1. The number of rotatable bonds is 3. The zero-order valence-electron chi connectivity index (χ0n) is 15.7. The van der Waals surface area contributed by atoms with Crippen LogP contribution >= 0.6 is 0 Å². The summed E-state index contributed by atoms with van der Waals surface area (Å²) in [4.78, 5) is 26.4. The topological polar surface area (TPSA) is 49.3 Å². The van der Waals surface area contributed by atoms with Crippen LogP contribution in [-0.4, -0.2) is 47.0 Å². The van der Waals surface area contributed by atoms with Crippen molar-refractivity contribution in [3.05, 3.63) is 52.6 Å². The summed E-state index contributed by atoms with van der Waals surface area (Å²) in [7, 11) is 0. The van der Waals surface area contributed by atoms with Crippen LogP contribution in [0.2, 0.25) is 0 Å². The Hall–Kier alpha value is -2.50. The molecular formula is C21H25FN4O. The van der Waals surface area contributed by atoms with Gasteiger partial charge in [0.05, 0.1) is 12.1 Å². The fourth-order valence-electron chi connectivity index (χ4n) is 3.97. The summed E-state index contributed by atoms with van der Waals surface area (Å²) in [5, 5.41) is 0. The van der Waals surface area contributed by atoms with Gasteiger partial charge in [0, 0.05) is 38.3 Å². The molecule has 5 nitrogen and oxygen atoms in total. The van der Waals surface area contributed by atoms with Crippen LogP contribution in [0.5, 0.6) is 0 Å². The number of fused-ring (bicyclic) bond motifs is 1. The van der Waals surface area contributed by atoms with E-state index in [2.05, 4.69) is 11.8 Å². The first kappa shape index (κ1) is 17.9. The van der Waals surface area contributed by atoms with Crippen LogP contribution in [0, 0.1) is 12.7 Å². The maximum Gasteiger partial charge on any atom is 0.227 e. The van der Waals surface area contributed by atoms with Crippen LogP contribution in [0.3, 0.4) is 0 Å². The largest absolute Gasteiger partial charge is 0.342 e. The molecule has 2 aliphatic heterocycles. The van der Waals surface area contributed by atoms with E-state index in [-0.39, 0.29) is 11.7 Å². The number of benzene rings is 1. The number of amides is 1. The Morgan fingerprint density at radius 1 is 1.04 bits per heavy atom.